The number of nitrogens with one attached hydrogen (secondary N) is 2. The van der Waals surface area contributed by atoms with E-state index in [1.165, 1.54) is 0 Å². The quantitative estimate of drug-likeness (QED) is 0.337. The van der Waals surface area contributed by atoms with E-state index in [9.17, 15) is 0 Å². The van der Waals surface area contributed by atoms with Crippen LogP contribution in [0.2, 0.25) is 0 Å². The molecule has 4 N–H and O–H groups in total. The number of hydrogen-bond donors (Lipinski definition) is 3. The molecule has 0 fully saturated rings. The maximum Gasteiger partial charge on any atom is 0.180 e. The summed E-state index contributed by atoms with van der Waals surface area (Å²) in [6.07, 6.45) is 1.14. The number of nitrogens with two attached hydrogens (primary N) is 1. The van der Waals surface area contributed by atoms with Crippen molar-refractivity contribution in [3.63, 3.8) is 0 Å². The van der Waals surface area contributed by atoms with E-state index in [4.69, 9.17) is 18.1 Å². The van der Waals surface area contributed by atoms with Crippen LogP contribution in [0.25, 0.3) is 0 Å². The molecule has 2 atom stereocenters. The lowest BCUT2D eigenvalue weighted by Crippen LogP contribution is -2.45. The Labute approximate surface area is 73.7 Å². The maximum absolute atomic E-state index is 5.11. The van der Waals surface area contributed by atoms with Crippen LogP contribution in [0, 0.1) is 5.92 Å². The predicted octanol–water partition coefficient (Wildman–Crippen LogP) is 0.759. The van der Waals surface area contributed by atoms with Crippen LogP contribution in [-0.2, 0) is 0 Å². The molecule has 0 aromatic rings. The molecule has 0 amide bonds. The lowest BCUT2D eigenvalue weighted by atomic mass is 10.0. The molecule has 0 aliphatic rings. The van der Waals surface area contributed by atoms with Crippen LogP contribution in [0.1, 0.15) is 27.2 Å². The van der Waals surface area contributed by atoms with Crippen LogP contribution in [0.3, 0.4) is 0 Å². The molecule has 3 nitrogen and oxygen atoms in total. The number of rotatable bonds is 3. The number of hydrazine groups is 1. The van der Waals surface area contributed by atoms with E-state index in [-0.39, 0.29) is 0 Å². The topological polar surface area (TPSA) is 50.1 Å². The van der Waals surface area contributed by atoms with E-state index < -0.39 is 0 Å². The van der Waals surface area contributed by atoms with Crippen LogP contribution >= 0.6 is 12.2 Å². The van der Waals surface area contributed by atoms with Crippen LogP contribution in [0.4, 0.5) is 0 Å². The van der Waals surface area contributed by atoms with Gasteiger partial charge in [-0.2, -0.15) is 0 Å². The second kappa shape index (κ2) is 5.32. The molecule has 0 heterocycles. The molecule has 0 rings (SSSR count). The zero-order valence-electron chi connectivity index (χ0n) is 7.35. The minimum absolute atomic E-state index is 0.378. The molecule has 0 aromatic carbocycles. The van der Waals surface area contributed by atoms with Crippen molar-refractivity contribution in [1.82, 2.24) is 10.7 Å². The number of hydrogen-bond acceptors (Lipinski definition) is 2. The van der Waals surface area contributed by atoms with Crippen LogP contribution in [0.5, 0.6) is 0 Å². The van der Waals surface area contributed by atoms with E-state index in [0.717, 1.165) is 6.42 Å². The Morgan fingerprint density at radius 1 is 1.55 bits per heavy atom. The Morgan fingerprint density at radius 2 is 2.09 bits per heavy atom. The van der Waals surface area contributed by atoms with Gasteiger partial charge in [0.2, 0.25) is 0 Å². The van der Waals surface area contributed by atoms with Gasteiger partial charge in [-0.1, -0.05) is 20.3 Å². The average molecular weight is 175 g/mol. The van der Waals surface area contributed by atoms with Crippen molar-refractivity contribution >= 4 is 17.3 Å². The fraction of sp³-hybridized carbons (Fsp3) is 0.857. The van der Waals surface area contributed by atoms with Crippen molar-refractivity contribution in [2.75, 3.05) is 0 Å². The Hall–Kier alpha value is -0.350. The largest absolute Gasteiger partial charge is 0.359 e. The molecule has 0 aliphatic heterocycles. The summed E-state index contributed by atoms with van der Waals surface area (Å²) >= 11 is 4.85. The lowest BCUT2D eigenvalue weighted by molar-refractivity contribution is 0.436. The van der Waals surface area contributed by atoms with Gasteiger partial charge in [-0.15, -0.1) is 0 Å². The minimum atomic E-state index is 0.378. The molecule has 0 aliphatic carbocycles. The van der Waals surface area contributed by atoms with Crippen molar-refractivity contribution in [1.29, 1.82) is 0 Å². The van der Waals surface area contributed by atoms with Crippen molar-refractivity contribution in [3.8, 4) is 0 Å². The summed E-state index contributed by atoms with van der Waals surface area (Å²) in [5.41, 5.74) is 2.40. The average Bonchev–Trinajstić information content (AvgIpc) is 2.02. The summed E-state index contributed by atoms with van der Waals surface area (Å²) in [7, 11) is 0. The molecular formula is C7H17N3S. The highest BCUT2D eigenvalue weighted by molar-refractivity contribution is 7.80. The van der Waals surface area contributed by atoms with Crippen LogP contribution in [0.15, 0.2) is 0 Å². The first-order chi connectivity index (χ1) is 5.11. The molecule has 0 aromatic heterocycles. The maximum atomic E-state index is 5.11. The van der Waals surface area contributed by atoms with Gasteiger partial charge in [0.1, 0.15) is 0 Å². The molecule has 66 valence electrons. The summed E-state index contributed by atoms with van der Waals surface area (Å²) in [6, 6.07) is 0.378. The fourth-order valence-electron chi connectivity index (χ4n) is 0.744. The third kappa shape index (κ3) is 4.16. The SMILES string of the molecule is CCC(C)C(C)NC(=S)NN. The van der Waals surface area contributed by atoms with E-state index in [1.54, 1.807) is 0 Å². The Bertz CT molecular complexity index is 127. The van der Waals surface area contributed by atoms with Gasteiger partial charge in [0, 0.05) is 6.04 Å². The summed E-state index contributed by atoms with van der Waals surface area (Å²) in [6.45, 7) is 6.43. The van der Waals surface area contributed by atoms with Gasteiger partial charge in [0.15, 0.2) is 5.11 Å². The van der Waals surface area contributed by atoms with Gasteiger partial charge in [0.25, 0.3) is 0 Å². The summed E-state index contributed by atoms with van der Waals surface area (Å²) in [5, 5.41) is 3.59. The molecule has 11 heavy (non-hydrogen) atoms. The smallest absolute Gasteiger partial charge is 0.180 e. The van der Waals surface area contributed by atoms with E-state index in [1.807, 2.05) is 0 Å². The summed E-state index contributed by atoms with van der Waals surface area (Å²) in [4.78, 5) is 0. The molecule has 4 heteroatoms. The highest BCUT2D eigenvalue weighted by Crippen LogP contribution is 2.05. The van der Waals surface area contributed by atoms with Crippen molar-refractivity contribution in [2.45, 2.75) is 33.2 Å². The highest BCUT2D eigenvalue weighted by Gasteiger charge is 2.09. The highest BCUT2D eigenvalue weighted by atomic mass is 32.1. The molecule has 0 saturated heterocycles. The van der Waals surface area contributed by atoms with Crippen molar-refractivity contribution < 1.29 is 0 Å². The molecule has 0 bridgehead atoms. The van der Waals surface area contributed by atoms with E-state index in [2.05, 4.69) is 31.5 Å². The Kier molecular flexibility index (Phi) is 5.15. The first kappa shape index (κ1) is 10.7. The van der Waals surface area contributed by atoms with Gasteiger partial charge >= 0.3 is 0 Å². The summed E-state index contributed by atoms with van der Waals surface area (Å²) in [5.74, 6) is 5.72. The Morgan fingerprint density at radius 3 is 2.45 bits per heavy atom. The van der Waals surface area contributed by atoms with Gasteiger partial charge in [-0.25, -0.2) is 5.84 Å². The molecule has 0 saturated carbocycles. The second-order valence-corrected chi connectivity index (χ2v) is 3.20. The minimum Gasteiger partial charge on any atom is -0.359 e. The third-order valence-corrected chi connectivity index (χ3v) is 2.22. The summed E-state index contributed by atoms with van der Waals surface area (Å²) < 4.78 is 0. The molecule has 2 unspecified atom stereocenters. The zero-order chi connectivity index (χ0) is 8.85. The van der Waals surface area contributed by atoms with Gasteiger partial charge in [-0.3, -0.25) is 0 Å². The second-order valence-electron chi connectivity index (χ2n) is 2.79. The van der Waals surface area contributed by atoms with Gasteiger partial charge < -0.3 is 10.7 Å². The normalized spacial score (nSPS) is 15.3. The number of thiocarbonyl (C=S) groups is 1. The van der Waals surface area contributed by atoms with Crippen molar-refractivity contribution in [3.05, 3.63) is 0 Å². The predicted molar refractivity (Wildman–Crippen MR) is 52.0 cm³/mol. The molecular weight excluding hydrogens is 158 g/mol. The third-order valence-electron chi connectivity index (χ3n) is 1.99. The van der Waals surface area contributed by atoms with Gasteiger partial charge in [0.05, 0.1) is 0 Å². The Balaban J connectivity index is 3.67. The first-order valence-corrected chi connectivity index (χ1v) is 4.29. The van der Waals surface area contributed by atoms with Crippen LogP contribution in [-0.4, -0.2) is 11.2 Å². The molecule has 0 radical (unpaired) electrons. The zero-order valence-corrected chi connectivity index (χ0v) is 8.16. The van der Waals surface area contributed by atoms with E-state index in [0.29, 0.717) is 17.1 Å². The monoisotopic (exact) mass is 175 g/mol. The standard InChI is InChI=1S/C7H17N3S/c1-4-5(2)6(3)9-7(11)10-8/h5-6H,4,8H2,1-3H3,(H2,9,10,11). The fourth-order valence-corrected chi connectivity index (χ4v) is 0.930. The van der Waals surface area contributed by atoms with Gasteiger partial charge in [-0.05, 0) is 25.1 Å². The van der Waals surface area contributed by atoms with Crippen molar-refractivity contribution in [2.24, 2.45) is 11.8 Å². The molecule has 0 spiro atoms. The van der Waals surface area contributed by atoms with Crippen LogP contribution < -0.4 is 16.6 Å². The lowest BCUT2D eigenvalue weighted by Gasteiger charge is -2.20. The van der Waals surface area contributed by atoms with E-state index >= 15 is 0 Å². The first-order valence-electron chi connectivity index (χ1n) is 3.88.